The lowest BCUT2D eigenvalue weighted by Gasteiger charge is -2.24. The Hall–Kier alpha value is -1.81. The normalized spacial score (nSPS) is 11.8. The minimum absolute atomic E-state index is 0.176. The predicted molar refractivity (Wildman–Crippen MR) is 71.1 cm³/mol. The third kappa shape index (κ3) is 5.01. The van der Waals surface area contributed by atoms with Gasteiger partial charge in [-0.1, -0.05) is 12.1 Å². The molecular weight excluding hydrogens is 230 g/mol. The van der Waals surface area contributed by atoms with Gasteiger partial charge in [0.15, 0.2) is 0 Å². The molecule has 0 bridgehead atoms. The van der Waals surface area contributed by atoms with Crippen molar-refractivity contribution >= 4 is 12.0 Å². The number of nitrogens with zero attached hydrogens (tertiary/aromatic N) is 1. The molecular formula is C14H19NO3. The molecule has 0 aliphatic carbocycles. The van der Waals surface area contributed by atoms with Gasteiger partial charge in [0, 0.05) is 19.7 Å². The number of amides is 1. The van der Waals surface area contributed by atoms with Crippen molar-refractivity contribution in [3.8, 4) is 5.75 Å². The molecule has 4 nitrogen and oxygen atoms in total. The number of benzene rings is 1. The van der Waals surface area contributed by atoms with Crippen molar-refractivity contribution < 1.29 is 15.0 Å². The fourth-order valence-electron chi connectivity index (χ4n) is 1.54. The van der Waals surface area contributed by atoms with Crippen LogP contribution in [0.25, 0.3) is 6.08 Å². The Bertz CT molecular complexity index is 429. The summed E-state index contributed by atoms with van der Waals surface area (Å²) in [6.45, 7) is 3.58. The molecule has 1 aromatic rings. The van der Waals surface area contributed by atoms with E-state index < -0.39 is 5.60 Å². The lowest BCUT2D eigenvalue weighted by atomic mass is 10.1. The molecule has 1 rings (SSSR count). The van der Waals surface area contributed by atoms with Crippen molar-refractivity contribution in [2.75, 3.05) is 13.6 Å². The SMILES string of the molecule is CN(CC(C)(C)O)C(=O)C=Cc1ccc(O)cc1. The Balaban J connectivity index is 2.61. The average molecular weight is 249 g/mol. The summed E-state index contributed by atoms with van der Waals surface area (Å²) in [6.07, 6.45) is 3.11. The number of likely N-dealkylation sites (N-methyl/N-ethyl adjacent to an activating group) is 1. The first-order valence-corrected chi connectivity index (χ1v) is 5.72. The second kappa shape index (κ2) is 5.69. The van der Waals surface area contributed by atoms with Gasteiger partial charge in [0.1, 0.15) is 5.75 Å². The van der Waals surface area contributed by atoms with Crippen LogP contribution in [0.15, 0.2) is 30.3 Å². The molecule has 0 heterocycles. The molecule has 18 heavy (non-hydrogen) atoms. The van der Waals surface area contributed by atoms with Gasteiger partial charge in [-0.3, -0.25) is 4.79 Å². The minimum Gasteiger partial charge on any atom is -0.508 e. The number of carbonyl (C=O) groups is 1. The number of hydrogen-bond donors (Lipinski definition) is 2. The Morgan fingerprint density at radius 3 is 2.39 bits per heavy atom. The predicted octanol–water partition coefficient (Wildman–Crippen LogP) is 1.63. The number of aromatic hydroxyl groups is 1. The van der Waals surface area contributed by atoms with E-state index in [0.29, 0.717) is 0 Å². The van der Waals surface area contributed by atoms with Crippen LogP contribution in [0, 0.1) is 0 Å². The highest BCUT2D eigenvalue weighted by molar-refractivity contribution is 5.91. The van der Waals surface area contributed by atoms with E-state index in [-0.39, 0.29) is 18.2 Å². The maximum atomic E-state index is 11.7. The van der Waals surface area contributed by atoms with Gasteiger partial charge in [0.05, 0.1) is 5.60 Å². The van der Waals surface area contributed by atoms with Gasteiger partial charge in [-0.25, -0.2) is 0 Å². The third-order valence-corrected chi connectivity index (χ3v) is 2.31. The Morgan fingerprint density at radius 1 is 1.33 bits per heavy atom. The highest BCUT2D eigenvalue weighted by Crippen LogP contribution is 2.11. The van der Waals surface area contributed by atoms with Gasteiger partial charge >= 0.3 is 0 Å². The molecule has 0 fully saturated rings. The van der Waals surface area contributed by atoms with E-state index in [0.717, 1.165) is 5.56 Å². The molecule has 0 saturated carbocycles. The molecule has 4 heteroatoms. The highest BCUT2D eigenvalue weighted by Gasteiger charge is 2.17. The Kier molecular flexibility index (Phi) is 4.50. The standard InChI is InChI=1S/C14H19NO3/c1-14(2,18)10-15(3)13(17)9-6-11-4-7-12(16)8-5-11/h4-9,16,18H,10H2,1-3H3. The van der Waals surface area contributed by atoms with Gasteiger partial charge in [-0.05, 0) is 37.6 Å². The van der Waals surface area contributed by atoms with Crippen molar-refractivity contribution in [3.05, 3.63) is 35.9 Å². The summed E-state index contributed by atoms with van der Waals surface area (Å²) < 4.78 is 0. The molecule has 0 unspecified atom stereocenters. The number of aliphatic hydroxyl groups is 1. The van der Waals surface area contributed by atoms with Crippen LogP contribution in [0.5, 0.6) is 5.75 Å². The second-order valence-corrected chi connectivity index (χ2v) is 4.93. The zero-order valence-electron chi connectivity index (χ0n) is 10.9. The fourth-order valence-corrected chi connectivity index (χ4v) is 1.54. The Morgan fingerprint density at radius 2 is 1.89 bits per heavy atom. The van der Waals surface area contributed by atoms with Crippen LogP contribution in [-0.4, -0.2) is 40.2 Å². The second-order valence-electron chi connectivity index (χ2n) is 4.93. The largest absolute Gasteiger partial charge is 0.508 e. The van der Waals surface area contributed by atoms with Crippen LogP contribution in [0.2, 0.25) is 0 Å². The molecule has 0 saturated heterocycles. The molecule has 98 valence electrons. The van der Waals surface area contributed by atoms with Crippen molar-refractivity contribution in [1.82, 2.24) is 4.90 Å². The highest BCUT2D eigenvalue weighted by atomic mass is 16.3. The number of rotatable bonds is 4. The monoisotopic (exact) mass is 249 g/mol. The van der Waals surface area contributed by atoms with E-state index in [9.17, 15) is 9.90 Å². The van der Waals surface area contributed by atoms with Gasteiger partial charge in [-0.2, -0.15) is 0 Å². The third-order valence-electron chi connectivity index (χ3n) is 2.31. The molecule has 0 spiro atoms. The average Bonchev–Trinajstić information content (AvgIpc) is 2.25. The summed E-state index contributed by atoms with van der Waals surface area (Å²) in [7, 11) is 1.64. The lowest BCUT2D eigenvalue weighted by molar-refractivity contribution is -0.127. The summed E-state index contributed by atoms with van der Waals surface area (Å²) in [5, 5.41) is 18.7. The van der Waals surface area contributed by atoms with E-state index in [1.54, 1.807) is 51.2 Å². The van der Waals surface area contributed by atoms with Crippen LogP contribution in [0.1, 0.15) is 19.4 Å². The van der Waals surface area contributed by atoms with E-state index in [4.69, 9.17) is 5.11 Å². The summed E-state index contributed by atoms with van der Waals surface area (Å²) in [5.74, 6) is 0.0165. The van der Waals surface area contributed by atoms with Gasteiger partial charge < -0.3 is 15.1 Å². The van der Waals surface area contributed by atoms with Gasteiger partial charge in [0.25, 0.3) is 0 Å². The van der Waals surface area contributed by atoms with Crippen molar-refractivity contribution in [2.45, 2.75) is 19.4 Å². The van der Waals surface area contributed by atoms with Crippen LogP contribution >= 0.6 is 0 Å². The number of phenolic OH excluding ortho intramolecular Hbond substituents is 1. The fraction of sp³-hybridized carbons (Fsp3) is 0.357. The van der Waals surface area contributed by atoms with E-state index in [1.807, 2.05) is 0 Å². The quantitative estimate of drug-likeness (QED) is 0.797. The first-order valence-electron chi connectivity index (χ1n) is 5.72. The molecule has 0 radical (unpaired) electrons. The topological polar surface area (TPSA) is 60.8 Å². The van der Waals surface area contributed by atoms with Crippen molar-refractivity contribution in [1.29, 1.82) is 0 Å². The number of carbonyl (C=O) groups excluding carboxylic acids is 1. The van der Waals surface area contributed by atoms with Crippen molar-refractivity contribution in [2.24, 2.45) is 0 Å². The summed E-state index contributed by atoms with van der Waals surface area (Å²) in [6, 6.07) is 6.56. The zero-order chi connectivity index (χ0) is 13.8. The maximum absolute atomic E-state index is 11.7. The molecule has 0 aromatic heterocycles. The maximum Gasteiger partial charge on any atom is 0.246 e. The lowest BCUT2D eigenvalue weighted by Crippen LogP contribution is -2.38. The van der Waals surface area contributed by atoms with Crippen LogP contribution < -0.4 is 0 Å². The molecule has 2 N–H and O–H groups in total. The van der Waals surface area contributed by atoms with Gasteiger partial charge in [-0.15, -0.1) is 0 Å². The molecule has 1 aromatic carbocycles. The number of hydrogen-bond acceptors (Lipinski definition) is 3. The first kappa shape index (κ1) is 14.3. The van der Waals surface area contributed by atoms with E-state index in [2.05, 4.69) is 0 Å². The number of phenols is 1. The molecule has 0 aliphatic heterocycles. The molecule has 1 amide bonds. The zero-order valence-corrected chi connectivity index (χ0v) is 10.9. The smallest absolute Gasteiger partial charge is 0.246 e. The summed E-state index contributed by atoms with van der Waals surface area (Å²) in [4.78, 5) is 13.2. The molecule has 0 aliphatic rings. The van der Waals surface area contributed by atoms with Crippen LogP contribution in [0.4, 0.5) is 0 Å². The van der Waals surface area contributed by atoms with E-state index >= 15 is 0 Å². The minimum atomic E-state index is -0.906. The summed E-state index contributed by atoms with van der Waals surface area (Å²) >= 11 is 0. The van der Waals surface area contributed by atoms with Gasteiger partial charge in [0.2, 0.25) is 5.91 Å². The van der Waals surface area contributed by atoms with Crippen molar-refractivity contribution in [3.63, 3.8) is 0 Å². The molecule has 0 atom stereocenters. The summed E-state index contributed by atoms with van der Waals surface area (Å²) in [5.41, 5.74) is -0.0747. The first-order chi connectivity index (χ1) is 8.28. The van der Waals surface area contributed by atoms with Crippen LogP contribution in [0.3, 0.4) is 0 Å². The van der Waals surface area contributed by atoms with Crippen LogP contribution in [-0.2, 0) is 4.79 Å². The van der Waals surface area contributed by atoms with E-state index in [1.165, 1.54) is 11.0 Å². The Labute approximate surface area is 107 Å².